The largest absolute Gasteiger partial charge is 0.393 e. The Hall–Kier alpha value is -1.67. The minimum absolute atomic E-state index is 0.302. The first-order valence-corrected chi connectivity index (χ1v) is 7.89. The smallest absolute Gasteiger partial charge is 0.288 e. The van der Waals surface area contributed by atoms with Gasteiger partial charge in [-0.1, -0.05) is 0 Å². The molecule has 0 heterocycles. The lowest BCUT2D eigenvalue weighted by Gasteiger charge is -2.20. The highest BCUT2D eigenvalue weighted by atomic mass is 32.2. The van der Waals surface area contributed by atoms with Crippen molar-refractivity contribution >= 4 is 21.2 Å². The van der Waals surface area contributed by atoms with Gasteiger partial charge in [0.2, 0.25) is 0 Å². The monoisotopic (exact) mass is 302 g/mol. The van der Waals surface area contributed by atoms with Crippen LogP contribution in [0.4, 0.5) is 11.4 Å². The maximum absolute atomic E-state index is 11.6. The summed E-state index contributed by atoms with van der Waals surface area (Å²) in [4.78, 5) is 11.6. The highest BCUT2D eigenvalue weighted by molar-refractivity contribution is 7.90. The van der Waals surface area contributed by atoms with Gasteiger partial charge in [0.15, 0.2) is 9.84 Å². The molecule has 1 atom stereocenters. The fourth-order valence-electron chi connectivity index (χ4n) is 1.70. The number of aliphatic hydroxyl groups excluding tert-OH is 1. The third-order valence-electron chi connectivity index (χ3n) is 2.86. The highest BCUT2D eigenvalue weighted by Crippen LogP contribution is 2.28. The molecule has 0 saturated heterocycles. The molecule has 0 amide bonds. The second-order valence-electron chi connectivity index (χ2n) is 4.74. The summed E-state index contributed by atoms with van der Waals surface area (Å²) in [6.45, 7) is 2.17. The van der Waals surface area contributed by atoms with Crippen LogP contribution in [0.15, 0.2) is 23.1 Å². The molecule has 0 saturated carbocycles. The van der Waals surface area contributed by atoms with Gasteiger partial charge >= 0.3 is 0 Å². The molecule has 0 aliphatic rings. The van der Waals surface area contributed by atoms with Gasteiger partial charge in [-0.15, -0.1) is 0 Å². The average molecular weight is 302 g/mol. The van der Waals surface area contributed by atoms with Crippen LogP contribution in [0.1, 0.15) is 13.3 Å². The first kappa shape index (κ1) is 16.4. The van der Waals surface area contributed by atoms with Gasteiger partial charge in [-0.2, -0.15) is 0 Å². The Morgan fingerprint density at radius 3 is 2.50 bits per heavy atom. The number of hydrogen-bond donors (Lipinski definition) is 1. The number of nitro benzene ring substituents is 1. The third-order valence-corrected chi connectivity index (χ3v) is 3.99. The number of nitrogens with zero attached hydrogens (tertiary/aromatic N) is 2. The minimum atomic E-state index is -3.68. The fourth-order valence-corrected chi connectivity index (χ4v) is 2.55. The molecule has 0 fully saturated rings. The van der Waals surface area contributed by atoms with E-state index >= 15 is 0 Å². The van der Waals surface area contributed by atoms with Crippen LogP contribution in [0.3, 0.4) is 0 Å². The lowest BCUT2D eigenvalue weighted by Crippen LogP contribution is -2.22. The van der Waals surface area contributed by atoms with E-state index in [-0.39, 0.29) is 4.90 Å². The van der Waals surface area contributed by atoms with Gasteiger partial charge in [0.25, 0.3) is 5.69 Å². The van der Waals surface area contributed by atoms with Crippen molar-refractivity contribution in [2.45, 2.75) is 24.3 Å². The summed E-state index contributed by atoms with van der Waals surface area (Å²) in [6, 6.07) is 3.97. The van der Waals surface area contributed by atoms with E-state index < -0.39 is 26.6 Å². The van der Waals surface area contributed by atoms with Crippen LogP contribution in [0, 0.1) is 10.1 Å². The van der Waals surface area contributed by atoms with Crippen molar-refractivity contribution in [1.82, 2.24) is 0 Å². The van der Waals surface area contributed by atoms with E-state index in [0.717, 1.165) is 6.26 Å². The van der Waals surface area contributed by atoms with E-state index in [4.69, 9.17) is 0 Å². The van der Waals surface area contributed by atoms with Crippen molar-refractivity contribution in [3.05, 3.63) is 28.3 Å². The summed E-state index contributed by atoms with van der Waals surface area (Å²) >= 11 is 0. The lowest BCUT2D eigenvalue weighted by atomic mass is 10.2. The van der Waals surface area contributed by atoms with Gasteiger partial charge in [0, 0.05) is 31.6 Å². The Bertz CT molecular complexity index is 598. The molecular weight excluding hydrogens is 284 g/mol. The van der Waals surface area contributed by atoms with Crippen LogP contribution in [-0.4, -0.2) is 44.4 Å². The Morgan fingerprint density at radius 2 is 2.05 bits per heavy atom. The van der Waals surface area contributed by atoms with Crippen LogP contribution in [-0.2, 0) is 9.84 Å². The predicted molar refractivity (Wildman–Crippen MR) is 75.8 cm³/mol. The summed E-state index contributed by atoms with van der Waals surface area (Å²) in [7, 11) is -1.95. The molecule has 0 bridgehead atoms. The lowest BCUT2D eigenvalue weighted by molar-refractivity contribution is -0.387. The van der Waals surface area contributed by atoms with Gasteiger partial charge in [-0.3, -0.25) is 10.1 Å². The molecule has 0 aliphatic heterocycles. The van der Waals surface area contributed by atoms with Gasteiger partial charge < -0.3 is 10.0 Å². The number of nitro groups is 1. The first-order chi connectivity index (χ1) is 9.12. The molecule has 0 radical (unpaired) electrons. The second-order valence-corrected chi connectivity index (χ2v) is 6.72. The minimum Gasteiger partial charge on any atom is -0.393 e. The van der Waals surface area contributed by atoms with E-state index in [1.165, 1.54) is 18.2 Å². The van der Waals surface area contributed by atoms with Crippen molar-refractivity contribution in [2.24, 2.45) is 0 Å². The molecule has 0 spiro atoms. The van der Waals surface area contributed by atoms with Crippen LogP contribution in [0.5, 0.6) is 0 Å². The number of hydrogen-bond acceptors (Lipinski definition) is 6. The van der Waals surface area contributed by atoms with Crippen molar-refractivity contribution in [3.8, 4) is 0 Å². The summed E-state index contributed by atoms with van der Waals surface area (Å²) in [5, 5.41) is 20.1. The quantitative estimate of drug-likeness (QED) is 0.626. The Balaban J connectivity index is 3.16. The molecule has 1 unspecified atom stereocenters. The highest BCUT2D eigenvalue weighted by Gasteiger charge is 2.23. The molecule has 0 aliphatic carbocycles. The van der Waals surface area contributed by atoms with Crippen molar-refractivity contribution < 1.29 is 18.4 Å². The molecular formula is C12H18N2O5S. The maximum Gasteiger partial charge on any atom is 0.288 e. The summed E-state index contributed by atoms with van der Waals surface area (Å²) in [5.74, 6) is 0. The number of rotatable bonds is 6. The SMILES string of the molecule is CC(O)CCN(C)c1ccc([N+](=O)[O-])c(S(C)(=O)=O)c1. The van der Waals surface area contributed by atoms with Gasteiger partial charge in [-0.25, -0.2) is 8.42 Å². The van der Waals surface area contributed by atoms with E-state index in [0.29, 0.717) is 18.7 Å². The molecule has 20 heavy (non-hydrogen) atoms. The van der Waals surface area contributed by atoms with Gasteiger partial charge in [0.05, 0.1) is 11.0 Å². The van der Waals surface area contributed by atoms with Crippen LogP contribution in [0.2, 0.25) is 0 Å². The van der Waals surface area contributed by atoms with Crippen molar-refractivity contribution in [1.29, 1.82) is 0 Å². The Kier molecular flexibility index (Phi) is 5.07. The molecule has 1 rings (SSSR count). The molecule has 7 nitrogen and oxygen atoms in total. The van der Waals surface area contributed by atoms with E-state index in [2.05, 4.69) is 0 Å². The molecule has 8 heteroatoms. The average Bonchev–Trinajstić information content (AvgIpc) is 2.33. The zero-order valence-corrected chi connectivity index (χ0v) is 12.4. The van der Waals surface area contributed by atoms with Gasteiger partial charge in [-0.05, 0) is 25.5 Å². The zero-order valence-electron chi connectivity index (χ0n) is 11.6. The van der Waals surface area contributed by atoms with E-state index in [1.807, 2.05) is 0 Å². The van der Waals surface area contributed by atoms with E-state index in [9.17, 15) is 23.6 Å². The standard InChI is InChI=1S/C12H18N2O5S/c1-9(15)6-7-13(2)10-4-5-11(14(16)17)12(8-10)20(3,18)19/h4-5,8-9,15H,6-7H2,1-3H3. The van der Waals surface area contributed by atoms with Crippen molar-refractivity contribution in [3.63, 3.8) is 0 Å². The number of aliphatic hydroxyl groups is 1. The Labute approximate surface area is 117 Å². The topological polar surface area (TPSA) is 101 Å². The number of anilines is 1. The second kappa shape index (κ2) is 6.19. The summed E-state index contributed by atoms with van der Waals surface area (Å²) < 4.78 is 23.3. The number of benzene rings is 1. The predicted octanol–water partition coefficient (Wildman–Crippen LogP) is 1.21. The molecule has 1 aromatic carbocycles. The van der Waals surface area contributed by atoms with Gasteiger partial charge in [0.1, 0.15) is 4.90 Å². The van der Waals surface area contributed by atoms with Crippen LogP contribution < -0.4 is 4.90 Å². The van der Waals surface area contributed by atoms with Crippen LogP contribution >= 0.6 is 0 Å². The van der Waals surface area contributed by atoms with Crippen LogP contribution in [0.25, 0.3) is 0 Å². The molecule has 1 aromatic rings. The van der Waals surface area contributed by atoms with E-state index in [1.54, 1.807) is 18.9 Å². The van der Waals surface area contributed by atoms with Crippen molar-refractivity contribution in [2.75, 3.05) is 24.7 Å². The first-order valence-electron chi connectivity index (χ1n) is 6.00. The molecule has 0 aromatic heterocycles. The normalized spacial score (nSPS) is 13.0. The summed E-state index contributed by atoms with van der Waals surface area (Å²) in [6.07, 6.45) is 0.987. The molecule has 1 N–H and O–H groups in total. The maximum atomic E-state index is 11.6. The zero-order chi connectivity index (χ0) is 15.5. The number of sulfone groups is 1. The Morgan fingerprint density at radius 1 is 1.45 bits per heavy atom. The third kappa shape index (κ3) is 4.17. The summed E-state index contributed by atoms with van der Waals surface area (Å²) in [5.41, 5.74) is 0.122. The molecule has 112 valence electrons. The fraction of sp³-hybridized carbons (Fsp3) is 0.500.